The number of fused-ring (bicyclic) bond motifs is 2. The molecule has 0 saturated heterocycles. The molecule has 7 nitrogen and oxygen atoms in total. The Morgan fingerprint density at radius 3 is 2.52 bits per heavy atom. The Bertz CT molecular complexity index is 992. The monoisotopic (exact) mass is 370 g/mol. The van der Waals surface area contributed by atoms with Gasteiger partial charge in [0.1, 0.15) is 18.0 Å². The number of halogens is 1. The first kappa shape index (κ1) is 17.3. The number of carbonyl (C=O) groups excluding carboxylic acids is 2. The fraction of sp³-hybridized carbons (Fsp3) is 0.263. The quantitative estimate of drug-likeness (QED) is 0.645. The van der Waals surface area contributed by atoms with Gasteiger partial charge in [-0.15, -0.1) is 0 Å². The van der Waals surface area contributed by atoms with Gasteiger partial charge in [0.25, 0.3) is 6.04 Å². The fourth-order valence-corrected chi connectivity index (χ4v) is 4.28. The molecule has 1 aliphatic carbocycles. The lowest BCUT2D eigenvalue weighted by molar-refractivity contribution is -0.537. The van der Waals surface area contributed by atoms with Gasteiger partial charge in [0.05, 0.1) is 11.6 Å². The molecule has 4 atom stereocenters. The van der Waals surface area contributed by atoms with E-state index >= 15 is 0 Å². The largest absolute Gasteiger partial charge is 0.381 e. The lowest BCUT2D eigenvalue weighted by atomic mass is 9.87. The average molecular weight is 370 g/mol. The maximum atomic E-state index is 13.7. The zero-order chi connectivity index (χ0) is 19.5. The van der Waals surface area contributed by atoms with E-state index in [4.69, 9.17) is 0 Å². The number of carbonyl (C=O) groups is 2. The number of amides is 1. The number of nitro groups is 1. The zero-order valence-electron chi connectivity index (χ0n) is 14.2. The third kappa shape index (κ3) is 2.37. The lowest BCUT2D eigenvalue weighted by Crippen LogP contribution is -2.47. The van der Waals surface area contributed by atoms with Gasteiger partial charge in [-0.05, 0) is 29.3 Å². The van der Waals surface area contributed by atoms with Crippen LogP contribution in [0.15, 0.2) is 42.5 Å². The number of hydrogen-bond acceptors (Lipinski definition) is 5. The summed E-state index contributed by atoms with van der Waals surface area (Å²) < 4.78 is 13.7. The summed E-state index contributed by atoms with van der Waals surface area (Å²) in [4.78, 5) is 37.6. The molecule has 0 bridgehead atoms. The van der Waals surface area contributed by atoms with Crippen LogP contribution in [-0.4, -0.2) is 33.8 Å². The van der Waals surface area contributed by atoms with E-state index in [0.717, 1.165) is 17.0 Å². The molecule has 1 amide bonds. The standard InChI is InChI=1S/C19H15FN2O5/c1-9(23)21-14-8-10(20)6-7-13(14)19(25)16(21)15-11-4-2-3-5-12(11)18(24)17(15)22(26)27/h2-8,15-18,24H,1H3/t15-,16+,17-,18+/m1/s1. The molecule has 138 valence electrons. The number of hydrogen-bond donors (Lipinski definition) is 1. The van der Waals surface area contributed by atoms with Crippen LogP contribution >= 0.6 is 0 Å². The predicted octanol–water partition coefficient (Wildman–Crippen LogP) is 2.22. The van der Waals surface area contributed by atoms with Gasteiger partial charge in [0, 0.05) is 17.4 Å². The van der Waals surface area contributed by atoms with Crippen LogP contribution in [0.3, 0.4) is 0 Å². The Morgan fingerprint density at radius 1 is 1.22 bits per heavy atom. The third-order valence-corrected chi connectivity index (χ3v) is 5.32. The highest BCUT2D eigenvalue weighted by atomic mass is 19.1. The maximum Gasteiger partial charge on any atom is 0.251 e. The minimum atomic E-state index is -1.49. The molecular formula is C19H15FN2O5. The Balaban J connectivity index is 1.92. The minimum Gasteiger partial charge on any atom is -0.381 e. The van der Waals surface area contributed by atoms with Gasteiger partial charge in [-0.2, -0.15) is 0 Å². The van der Waals surface area contributed by atoms with Crippen molar-refractivity contribution >= 4 is 17.4 Å². The smallest absolute Gasteiger partial charge is 0.251 e. The first-order chi connectivity index (χ1) is 12.8. The van der Waals surface area contributed by atoms with E-state index in [-0.39, 0.29) is 11.3 Å². The number of nitrogens with zero attached hydrogens (tertiary/aromatic N) is 2. The van der Waals surface area contributed by atoms with E-state index < -0.39 is 46.5 Å². The molecule has 2 aromatic rings. The Hall–Kier alpha value is -3.13. The van der Waals surface area contributed by atoms with Crippen molar-refractivity contribution in [3.05, 3.63) is 75.1 Å². The second-order valence-corrected chi connectivity index (χ2v) is 6.74. The highest BCUT2D eigenvalue weighted by Crippen LogP contribution is 2.49. The SMILES string of the molecule is CC(=O)N1c2cc(F)ccc2C(=O)[C@@H]1[C@H]1c2ccccc2[C@H](O)[C@@H]1[N+](=O)[O-]. The van der Waals surface area contributed by atoms with Gasteiger partial charge in [0.15, 0.2) is 5.78 Å². The lowest BCUT2D eigenvalue weighted by Gasteiger charge is -2.29. The Kier molecular flexibility index (Phi) is 3.81. The molecule has 27 heavy (non-hydrogen) atoms. The van der Waals surface area contributed by atoms with Gasteiger partial charge in [0.2, 0.25) is 5.91 Å². The van der Waals surface area contributed by atoms with E-state index in [0.29, 0.717) is 11.1 Å². The van der Waals surface area contributed by atoms with Crippen molar-refractivity contribution in [2.75, 3.05) is 4.90 Å². The van der Waals surface area contributed by atoms with Gasteiger partial charge in [-0.1, -0.05) is 24.3 Å². The molecule has 1 aliphatic heterocycles. The fourth-order valence-electron chi connectivity index (χ4n) is 4.28. The van der Waals surface area contributed by atoms with Crippen LogP contribution in [0.2, 0.25) is 0 Å². The molecule has 1 N–H and O–H groups in total. The zero-order valence-corrected chi connectivity index (χ0v) is 14.2. The van der Waals surface area contributed by atoms with Crippen LogP contribution in [0.4, 0.5) is 10.1 Å². The highest BCUT2D eigenvalue weighted by Gasteiger charge is 2.57. The van der Waals surface area contributed by atoms with E-state index in [1.54, 1.807) is 24.3 Å². The third-order valence-electron chi connectivity index (χ3n) is 5.32. The van der Waals surface area contributed by atoms with Crippen molar-refractivity contribution in [3.63, 3.8) is 0 Å². The van der Waals surface area contributed by atoms with Gasteiger partial charge >= 0.3 is 0 Å². The second kappa shape index (κ2) is 5.95. The summed E-state index contributed by atoms with van der Waals surface area (Å²) in [6, 6.07) is 7.25. The predicted molar refractivity (Wildman–Crippen MR) is 92.6 cm³/mol. The van der Waals surface area contributed by atoms with Crippen molar-refractivity contribution in [1.82, 2.24) is 0 Å². The molecule has 8 heteroatoms. The number of benzene rings is 2. The van der Waals surface area contributed by atoms with E-state index in [9.17, 15) is 29.2 Å². The molecule has 0 saturated carbocycles. The topological polar surface area (TPSA) is 101 Å². The van der Waals surface area contributed by atoms with E-state index in [2.05, 4.69) is 0 Å². The molecule has 0 radical (unpaired) electrons. The minimum absolute atomic E-state index is 0.0958. The molecule has 0 fully saturated rings. The second-order valence-electron chi connectivity index (χ2n) is 6.74. The van der Waals surface area contributed by atoms with Gasteiger partial charge < -0.3 is 10.0 Å². The van der Waals surface area contributed by atoms with Crippen LogP contribution in [0.1, 0.15) is 40.4 Å². The van der Waals surface area contributed by atoms with Crippen molar-refractivity contribution in [2.45, 2.75) is 31.0 Å². The molecule has 2 aromatic carbocycles. The van der Waals surface area contributed by atoms with Crippen LogP contribution in [0, 0.1) is 15.9 Å². The summed E-state index contributed by atoms with van der Waals surface area (Å²) >= 11 is 0. The number of Topliss-reactive ketones (excluding diaryl/α,β-unsaturated/α-hetero) is 1. The highest BCUT2D eigenvalue weighted by molar-refractivity contribution is 6.18. The van der Waals surface area contributed by atoms with Crippen molar-refractivity contribution in [3.8, 4) is 0 Å². The summed E-state index contributed by atoms with van der Waals surface area (Å²) in [7, 11) is 0. The van der Waals surface area contributed by atoms with E-state index in [1.807, 2.05) is 0 Å². The van der Waals surface area contributed by atoms with Crippen LogP contribution in [-0.2, 0) is 4.79 Å². The Labute approximate surface area is 153 Å². The normalized spacial score (nSPS) is 26.0. The van der Waals surface area contributed by atoms with Crippen molar-refractivity contribution in [2.24, 2.45) is 0 Å². The summed E-state index contributed by atoms with van der Waals surface area (Å²) in [5.74, 6) is -2.69. The van der Waals surface area contributed by atoms with Crippen molar-refractivity contribution in [1.29, 1.82) is 0 Å². The Morgan fingerprint density at radius 2 is 1.89 bits per heavy atom. The van der Waals surface area contributed by atoms with Gasteiger partial charge in [-0.3, -0.25) is 19.7 Å². The molecule has 0 aromatic heterocycles. The molecule has 1 heterocycles. The molecule has 0 unspecified atom stereocenters. The van der Waals surface area contributed by atoms with E-state index in [1.165, 1.54) is 13.0 Å². The number of ketones is 1. The van der Waals surface area contributed by atoms with Crippen LogP contribution in [0.25, 0.3) is 0 Å². The van der Waals surface area contributed by atoms with Crippen LogP contribution < -0.4 is 4.90 Å². The van der Waals surface area contributed by atoms with Crippen molar-refractivity contribution < 1.29 is 24.0 Å². The summed E-state index contributed by atoms with van der Waals surface area (Å²) in [6.45, 7) is 1.22. The molecule has 4 rings (SSSR count). The summed E-state index contributed by atoms with van der Waals surface area (Å²) in [5.41, 5.74) is 1.04. The molecule has 2 aliphatic rings. The number of aliphatic hydroxyl groups is 1. The first-order valence-electron chi connectivity index (χ1n) is 8.37. The number of anilines is 1. The first-order valence-corrected chi connectivity index (χ1v) is 8.37. The molecular weight excluding hydrogens is 355 g/mol. The van der Waals surface area contributed by atoms with Crippen LogP contribution in [0.5, 0.6) is 0 Å². The summed E-state index contributed by atoms with van der Waals surface area (Å²) in [5, 5.41) is 22.2. The van der Waals surface area contributed by atoms with Gasteiger partial charge in [-0.25, -0.2) is 4.39 Å². The number of aliphatic hydroxyl groups excluding tert-OH is 1. The maximum absolute atomic E-state index is 13.7. The molecule has 0 spiro atoms. The summed E-state index contributed by atoms with van der Waals surface area (Å²) in [6.07, 6.45) is -1.40. The average Bonchev–Trinajstić information content (AvgIpc) is 3.06. The number of rotatable bonds is 2.